The molecule has 2 aromatic carbocycles. The molecule has 8 nitrogen and oxygen atoms in total. The number of nitro benzene ring substituents is 1. The average Bonchev–Trinajstić information content (AvgIpc) is 2.73. The Morgan fingerprint density at radius 2 is 1.76 bits per heavy atom. The first-order valence-corrected chi connectivity index (χ1v) is 9.09. The fourth-order valence-electron chi connectivity index (χ4n) is 3.31. The Labute approximate surface area is 167 Å². The maximum absolute atomic E-state index is 13.5. The van der Waals surface area contributed by atoms with Crippen molar-refractivity contribution in [3.63, 3.8) is 0 Å². The van der Waals surface area contributed by atoms with Gasteiger partial charge in [0.25, 0.3) is 5.91 Å². The van der Waals surface area contributed by atoms with E-state index < -0.39 is 16.4 Å². The highest BCUT2D eigenvalue weighted by Gasteiger charge is 2.25. The van der Waals surface area contributed by atoms with Gasteiger partial charge in [-0.15, -0.1) is 0 Å². The van der Waals surface area contributed by atoms with Crippen molar-refractivity contribution in [2.24, 2.45) is 0 Å². The summed E-state index contributed by atoms with van der Waals surface area (Å²) >= 11 is 0. The number of hydrogen-bond donors (Lipinski definition) is 0. The van der Waals surface area contributed by atoms with E-state index in [0.717, 1.165) is 17.7 Å². The molecule has 154 valence electrons. The number of halogens is 1. The Hall–Kier alpha value is -3.20. The van der Waals surface area contributed by atoms with Crippen LogP contribution < -0.4 is 9.47 Å². The average molecular weight is 403 g/mol. The minimum atomic E-state index is -0.953. The van der Waals surface area contributed by atoms with Crippen LogP contribution in [0.5, 0.6) is 11.5 Å². The molecule has 1 heterocycles. The van der Waals surface area contributed by atoms with Gasteiger partial charge in [0.15, 0.2) is 11.5 Å². The topological polar surface area (TPSA) is 85.2 Å². The summed E-state index contributed by atoms with van der Waals surface area (Å²) in [5.41, 5.74) is 0.492. The number of ether oxygens (including phenoxy) is 2. The molecule has 0 atom stereocenters. The number of benzene rings is 2. The molecule has 0 bridgehead atoms. The van der Waals surface area contributed by atoms with Gasteiger partial charge in [-0.2, -0.15) is 4.39 Å². The molecule has 0 spiro atoms. The Kier molecular flexibility index (Phi) is 6.28. The molecule has 29 heavy (non-hydrogen) atoms. The first-order valence-electron chi connectivity index (χ1n) is 9.09. The number of nitrogens with zero attached hydrogens (tertiary/aromatic N) is 3. The van der Waals surface area contributed by atoms with Crippen molar-refractivity contribution < 1.29 is 23.6 Å². The van der Waals surface area contributed by atoms with Crippen molar-refractivity contribution in [3.05, 3.63) is 63.5 Å². The van der Waals surface area contributed by atoms with Gasteiger partial charge in [-0.05, 0) is 29.8 Å². The van der Waals surface area contributed by atoms with Crippen LogP contribution in [0, 0.1) is 15.9 Å². The number of carbonyl (C=O) groups is 1. The van der Waals surface area contributed by atoms with Gasteiger partial charge in [0.1, 0.15) is 0 Å². The third-order valence-electron chi connectivity index (χ3n) is 4.90. The predicted octanol–water partition coefficient (Wildman–Crippen LogP) is 2.71. The maximum atomic E-state index is 13.5. The van der Waals surface area contributed by atoms with Gasteiger partial charge < -0.3 is 14.4 Å². The molecule has 9 heteroatoms. The van der Waals surface area contributed by atoms with Crippen molar-refractivity contribution in [2.45, 2.75) is 6.54 Å². The lowest BCUT2D eigenvalue weighted by Crippen LogP contribution is -2.48. The van der Waals surface area contributed by atoms with Crippen LogP contribution in [0.4, 0.5) is 10.1 Å². The number of rotatable bonds is 6. The zero-order valence-corrected chi connectivity index (χ0v) is 16.3. The van der Waals surface area contributed by atoms with Crippen molar-refractivity contribution in [3.8, 4) is 11.5 Å². The summed E-state index contributed by atoms with van der Waals surface area (Å²) in [4.78, 5) is 26.5. The molecular formula is C20H22FN3O5. The van der Waals surface area contributed by atoms with E-state index in [2.05, 4.69) is 4.90 Å². The molecular weight excluding hydrogens is 381 g/mol. The Bertz CT molecular complexity index is 913. The third-order valence-corrected chi connectivity index (χ3v) is 4.90. The zero-order chi connectivity index (χ0) is 21.0. The number of methoxy groups -OCH3 is 2. The van der Waals surface area contributed by atoms with Crippen molar-refractivity contribution in [2.75, 3.05) is 40.4 Å². The monoisotopic (exact) mass is 403 g/mol. The molecule has 1 aliphatic rings. The summed E-state index contributed by atoms with van der Waals surface area (Å²) in [5, 5.41) is 10.9. The van der Waals surface area contributed by atoms with E-state index in [0.29, 0.717) is 44.2 Å². The quantitative estimate of drug-likeness (QED) is 0.545. The van der Waals surface area contributed by atoms with Crippen LogP contribution in [0.15, 0.2) is 36.4 Å². The fourth-order valence-corrected chi connectivity index (χ4v) is 3.31. The van der Waals surface area contributed by atoms with E-state index >= 15 is 0 Å². The molecule has 0 radical (unpaired) electrons. The molecule has 2 aromatic rings. The van der Waals surface area contributed by atoms with Gasteiger partial charge in [0.2, 0.25) is 5.82 Å². The van der Waals surface area contributed by atoms with Gasteiger partial charge in [0, 0.05) is 44.4 Å². The summed E-state index contributed by atoms with van der Waals surface area (Å²) in [6.07, 6.45) is 0. The number of nitro groups is 1. The summed E-state index contributed by atoms with van der Waals surface area (Å²) in [5.74, 6) is 0.0435. The predicted molar refractivity (Wildman–Crippen MR) is 104 cm³/mol. The number of carbonyl (C=O) groups excluding carboxylic acids is 1. The highest BCUT2D eigenvalue weighted by Crippen LogP contribution is 2.28. The molecule has 1 saturated heterocycles. The molecule has 0 aliphatic carbocycles. The largest absolute Gasteiger partial charge is 0.493 e. The van der Waals surface area contributed by atoms with Crippen molar-refractivity contribution >= 4 is 11.6 Å². The SMILES string of the molecule is COc1ccc(CN2CCN(C(=O)c3ccc(F)c([N+](=O)[O-])c3)CC2)cc1OC. The second-order valence-electron chi connectivity index (χ2n) is 6.68. The molecule has 1 aliphatic heterocycles. The van der Waals surface area contributed by atoms with E-state index in [1.165, 1.54) is 6.07 Å². The minimum absolute atomic E-state index is 0.117. The summed E-state index contributed by atoms with van der Waals surface area (Å²) in [6.45, 7) is 2.98. The Morgan fingerprint density at radius 3 is 2.38 bits per heavy atom. The lowest BCUT2D eigenvalue weighted by molar-refractivity contribution is -0.387. The highest BCUT2D eigenvalue weighted by atomic mass is 19.1. The summed E-state index contributed by atoms with van der Waals surface area (Å²) in [6, 6.07) is 8.98. The van der Waals surface area contributed by atoms with E-state index in [1.54, 1.807) is 19.1 Å². The van der Waals surface area contributed by atoms with Gasteiger partial charge in [0.05, 0.1) is 19.1 Å². The van der Waals surface area contributed by atoms with Gasteiger partial charge in [-0.25, -0.2) is 0 Å². The van der Waals surface area contributed by atoms with E-state index in [4.69, 9.17) is 9.47 Å². The van der Waals surface area contributed by atoms with E-state index in [1.807, 2.05) is 18.2 Å². The van der Waals surface area contributed by atoms with Gasteiger partial charge in [-0.1, -0.05) is 6.07 Å². The minimum Gasteiger partial charge on any atom is -0.493 e. The van der Waals surface area contributed by atoms with Crippen molar-refractivity contribution in [1.82, 2.24) is 9.80 Å². The number of hydrogen-bond acceptors (Lipinski definition) is 6. The first-order chi connectivity index (χ1) is 13.9. The van der Waals surface area contributed by atoms with Gasteiger partial charge >= 0.3 is 5.69 Å². The van der Waals surface area contributed by atoms with Crippen molar-refractivity contribution in [1.29, 1.82) is 0 Å². The maximum Gasteiger partial charge on any atom is 0.305 e. The lowest BCUT2D eigenvalue weighted by atomic mass is 10.1. The number of piperazine rings is 1. The van der Waals surface area contributed by atoms with Crippen LogP contribution in [0.1, 0.15) is 15.9 Å². The molecule has 0 unspecified atom stereocenters. The second kappa shape index (κ2) is 8.87. The van der Waals surface area contributed by atoms with Crippen LogP contribution in [0.3, 0.4) is 0 Å². The number of amides is 1. The molecule has 3 rings (SSSR count). The van der Waals surface area contributed by atoms with Crippen LogP contribution in [0.25, 0.3) is 0 Å². The van der Waals surface area contributed by atoms with Crippen LogP contribution in [-0.2, 0) is 6.54 Å². The highest BCUT2D eigenvalue weighted by molar-refractivity contribution is 5.95. The first kappa shape index (κ1) is 20.5. The van der Waals surface area contributed by atoms with Crippen LogP contribution >= 0.6 is 0 Å². The standard InChI is InChI=1S/C20H22FN3O5/c1-28-18-6-3-14(11-19(18)29-2)13-22-7-9-23(10-8-22)20(25)15-4-5-16(21)17(12-15)24(26)27/h3-6,11-12H,7-10,13H2,1-2H3. The third kappa shape index (κ3) is 4.62. The molecule has 1 amide bonds. The molecule has 0 saturated carbocycles. The van der Waals surface area contributed by atoms with Gasteiger partial charge in [-0.3, -0.25) is 19.8 Å². The Morgan fingerprint density at radius 1 is 1.07 bits per heavy atom. The zero-order valence-electron chi connectivity index (χ0n) is 16.3. The molecule has 1 fully saturated rings. The normalized spacial score (nSPS) is 14.5. The van der Waals surface area contributed by atoms with E-state index in [9.17, 15) is 19.3 Å². The molecule has 0 aromatic heterocycles. The summed E-state index contributed by atoms with van der Waals surface area (Å²) < 4.78 is 24.1. The fraction of sp³-hybridized carbons (Fsp3) is 0.350. The molecule has 0 N–H and O–H groups in total. The second-order valence-corrected chi connectivity index (χ2v) is 6.68. The summed E-state index contributed by atoms with van der Waals surface area (Å²) in [7, 11) is 3.18. The van der Waals surface area contributed by atoms with E-state index in [-0.39, 0.29) is 11.5 Å². The van der Waals surface area contributed by atoms with Crippen LogP contribution in [0.2, 0.25) is 0 Å². The lowest BCUT2D eigenvalue weighted by Gasteiger charge is -2.34. The van der Waals surface area contributed by atoms with Crippen LogP contribution in [-0.4, -0.2) is 61.0 Å². The smallest absolute Gasteiger partial charge is 0.305 e. The Balaban J connectivity index is 1.61.